The molecule has 0 aliphatic rings. The van der Waals surface area contributed by atoms with E-state index in [4.69, 9.17) is 5.11 Å². The summed E-state index contributed by atoms with van der Waals surface area (Å²) in [6, 6.07) is 7.28. The van der Waals surface area contributed by atoms with E-state index in [0.29, 0.717) is 0 Å². The van der Waals surface area contributed by atoms with E-state index in [-0.39, 0.29) is 6.61 Å². The van der Waals surface area contributed by atoms with Gasteiger partial charge in [-0.05, 0) is 17.7 Å². The lowest BCUT2D eigenvalue weighted by Crippen LogP contribution is -1.79. The molecule has 3 nitrogen and oxygen atoms in total. The molecule has 0 radical (unpaired) electrons. The standard InChI is InChI=1S/C8H10N2O/c1-9-10-8-4-2-7(6-11)3-5-8/h2-5,11H,6H2,1H3. The van der Waals surface area contributed by atoms with Crippen LogP contribution in [-0.2, 0) is 6.61 Å². The predicted molar refractivity (Wildman–Crippen MR) is 42.8 cm³/mol. The molecule has 1 N–H and O–H groups in total. The number of hydrogen-bond donors (Lipinski definition) is 1. The van der Waals surface area contributed by atoms with Gasteiger partial charge in [-0.25, -0.2) is 0 Å². The van der Waals surface area contributed by atoms with Gasteiger partial charge in [-0.3, -0.25) is 0 Å². The van der Waals surface area contributed by atoms with E-state index in [2.05, 4.69) is 10.2 Å². The fourth-order valence-electron chi connectivity index (χ4n) is 0.783. The van der Waals surface area contributed by atoms with E-state index >= 15 is 0 Å². The molecule has 1 aromatic carbocycles. The lowest BCUT2D eigenvalue weighted by molar-refractivity contribution is 0.282. The van der Waals surface area contributed by atoms with Crippen molar-refractivity contribution in [2.45, 2.75) is 6.61 Å². The van der Waals surface area contributed by atoms with E-state index in [9.17, 15) is 0 Å². The second-order valence-corrected chi connectivity index (χ2v) is 2.12. The van der Waals surface area contributed by atoms with Crippen molar-refractivity contribution >= 4 is 5.69 Å². The van der Waals surface area contributed by atoms with Crippen LogP contribution in [0.2, 0.25) is 0 Å². The Bertz CT molecular complexity index is 241. The zero-order valence-corrected chi connectivity index (χ0v) is 6.36. The van der Waals surface area contributed by atoms with Crippen molar-refractivity contribution in [3.8, 4) is 0 Å². The van der Waals surface area contributed by atoms with Crippen LogP contribution in [0.1, 0.15) is 5.56 Å². The monoisotopic (exact) mass is 150 g/mol. The molecule has 0 unspecified atom stereocenters. The van der Waals surface area contributed by atoms with Gasteiger partial charge in [0.05, 0.1) is 12.3 Å². The number of nitrogens with zero attached hydrogens (tertiary/aromatic N) is 2. The lowest BCUT2D eigenvalue weighted by Gasteiger charge is -1.94. The summed E-state index contributed by atoms with van der Waals surface area (Å²) < 4.78 is 0. The summed E-state index contributed by atoms with van der Waals surface area (Å²) in [6.45, 7) is 0.0730. The van der Waals surface area contributed by atoms with E-state index in [1.807, 2.05) is 24.3 Å². The topological polar surface area (TPSA) is 45.0 Å². The molecule has 0 saturated carbocycles. The Balaban J connectivity index is 2.82. The van der Waals surface area contributed by atoms with E-state index in [1.54, 1.807) is 7.05 Å². The van der Waals surface area contributed by atoms with Crippen LogP contribution in [0.15, 0.2) is 34.5 Å². The third-order valence-electron chi connectivity index (χ3n) is 1.33. The van der Waals surface area contributed by atoms with Gasteiger partial charge in [-0.2, -0.15) is 10.2 Å². The van der Waals surface area contributed by atoms with Gasteiger partial charge in [0.1, 0.15) is 0 Å². The van der Waals surface area contributed by atoms with Crippen LogP contribution >= 0.6 is 0 Å². The van der Waals surface area contributed by atoms with Crippen molar-refractivity contribution in [3.63, 3.8) is 0 Å². The van der Waals surface area contributed by atoms with Crippen LogP contribution in [0.4, 0.5) is 5.69 Å². The van der Waals surface area contributed by atoms with Gasteiger partial charge in [0.25, 0.3) is 0 Å². The molecule has 3 heteroatoms. The smallest absolute Gasteiger partial charge is 0.0852 e. The Labute approximate surface area is 65.4 Å². The molecule has 1 aromatic rings. The summed E-state index contributed by atoms with van der Waals surface area (Å²) >= 11 is 0. The van der Waals surface area contributed by atoms with Gasteiger partial charge < -0.3 is 5.11 Å². The number of azo groups is 1. The first-order valence-electron chi connectivity index (χ1n) is 3.36. The molecular weight excluding hydrogens is 140 g/mol. The fourth-order valence-corrected chi connectivity index (χ4v) is 0.783. The summed E-state index contributed by atoms with van der Waals surface area (Å²) in [4.78, 5) is 0. The second-order valence-electron chi connectivity index (χ2n) is 2.12. The summed E-state index contributed by atoms with van der Waals surface area (Å²) in [5.41, 5.74) is 1.70. The normalized spacial score (nSPS) is 10.7. The van der Waals surface area contributed by atoms with Crippen molar-refractivity contribution in [3.05, 3.63) is 29.8 Å². The maximum absolute atomic E-state index is 8.70. The Morgan fingerprint density at radius 1 is 1.27 bits per heavy atom. The number of benzene rings is 1. The molecule has 11 heavy (non-hydrogen) atoms. The predicted octanol–water partition coefficient (Wildman–Crippen LogP) is 1.89. The lowest BCUT2D eigenvalue weighted by atomic mass is 10.2. The van der Waals surface area contributed by atoms with Crippen LogP contribution in [0.3, 0.4) is 0 Å². The van der Waals surface area contributed by atoms with Gasteiger partial charge in [0.2, 0.25) is 0 Å². The zero-order chi connectivity index (χ0) is 8.10. The van der Waals surface area contributed by atoms with Crippen LogP contribution in [0, 0.1) is 0 Å². The minimum Gasteiger partial charge on any atom is -0.392 e. The summed E-state index contributed by atoms with van der Waals surface area (Å²) in [5.74, 6) is 0. The van der Waals surface area contributed by atoms with Gasteiger partial charge in [-0.1, -0.05) is 12.1 Å². The van der Waals surface area contributed by atoms with Gasteiger partial charge in [0, 0.05) is 7.05 Å². The first kappa shape index (κ1) is 7.88. The maximum atomic E-state index is 8.70. The number of hydrogen-bond acceptors (Lipinski definition) is 3. The van der Waals surface area contributed by atoms with Gasteiger partial charge in [-0.15, -0.1) is 0 Å². The highest BCUT2D eigenvalue weighted by Crippen LogP contribution is 2.12. The molecule has 0 heterocycles. The molecule has 0 aliphatic heterocycles. The molecule has 0 atom stereocenters. The Morgan fingerprint density at radius 2 is 1.91 bits per heavy atom. The van der Waals surface area contributed by atoms with E-state index in [1.165, 1.54) is 0 Å². The highest BCUT2D eigenvalue weighted by Gasteiger charge is 1.89. The zero-order valence-electron chi connectivity index (χ0n) is 6.36. The Kier molecular flexibility index (Phi) is 2.74. The summed E-state index contributed by atoms with van der Waals surface area (Å²) in [5, 5.41) is 16.2. The van der Waals surface area contributed by atoms with E-state index in [0.717, 1.165) is 11.3 Å². The third-order valence-corrected chi connectivity index (χ3v) is 1.33. The summed E-state index contributed by atoms with van der Waals surface area (Å²) in [6.07, 6.45) is 0. The SMILES string of the molecule is CN=Nc1ccc(CO)cc1. The largest absolute Gasteiger partial charge is 0.392 e. The molecule has 58 valence electrons. The molecule has 0 fully saturated rings. The van der Waals surface area contributed by atoms with Gasteiger partial charge >= 0.3 is 0 Å². The second kappa shape index (κ2) is 3.83. The molecule has 0 aromatic heterocycles. The first-order chi connectivity index (χ1) is 5.36. The van der Waals surface area contributed by atoms with Crippen molar-refractivity contribution < 1.29 is 5.11 Å². The summed E-state index contributed by atoms with van der Waals surface area (Å²) in [7, 11) is 1.62. The maximum Gasteiger partial charge on any atom is 0.0852 e. The van der Waals surface area contributed by atoms with Crippen LogP contribution in [0.5, 0.6) is 0 Å². The number of aliphatic hydroxyl groups is 1. The first-order valence-corrected chi connectivity index (χ1v) is 3.36. The minimum absolute atomic E-state index is 0.0730. The molecular formula is C8H10N2O. The van der Waals surface area contributed by atoms with Crippen LogP contribution < -0.4 is 0 Å². The van der Waals surface area contributed by atoms with Crippen molar-refractivity contribution in [1.29, 1.82) is 0 Å². The number of rotatable bonds is 2. The Hall–Kier alpha value is -1.22. The molecule has 0 spiro atoms. The van der Waals surface area contributed by atoms with Crippen molar-refractivity contribution in [2.24, 2.45) is 10.2 Å². The highest BCUT2D eigenvalue weighted by atomic mass is 16.3. The molecule has 1 rings (SSSR count). The Morgan fingerprint density at radius 3 is 2.36 bits per heavy atom. The average molecular weight is 150 g/mol. The molecule has 0 amide bonds. The van der Waals surface area contributed by atoms with E-state index < -0.39 is 0 Å². The van der Waals surface area contributed by atoms with Crippen molar-refractivity contribution in [1.82, 2.24) is 0 Å². The molecule has 0 aliphatic carbocycles. The molecule has 0 bridgehead atoms. The van der Waals surface area contributed by atoms with Gasteiger partial charge in [0.15, 0.2) is 0 Å². The van der Waals surface area contributed by atoms with Crippen LogP contribution in [0.25, 0.3) is 0 Å². The van der Waals surface area contributed by atoms with Crippen LogP contribution in [-0.4, -0.2) is 12.2 Å². The quantitative estimate of drug-likeness (QED) is 0.643. The number of aliphatic hydroxyl groups excluding tert-OH is 1. The average Bonchev–Trinajstić information content (AvgIpc) is 2.07. The van der Waals surface area contributed by atoms with Crippen molar-refractivity contribution in [2.75, 3.05) is 7.05 Å². The third kappa shape index (κ3) is 2.13. The highest BCUT2D eigenvalue weighted by molar-refractivity contribution is 5.37. The minimum atomic E-state index is 0.0730. The fraction of sp³-hybridized carbons (Fsp3) is 0.250. The molecule has 0 saturated heterocycles.